The molecule has 0 bridgehead atoms. The summed E-state index contributed by atoms with van der Waals surface area (Å²) < 4.78 is 10.9. The van der Waals surface area contributed by atoms with Crippen molar-refractivity contribution < 1.29 is 19.1 Å². The van der Waals surface area contributed by atoms with E-state index in [0.717, 1.165) is 44.9 Å². The van der Waals surface area contributed by atoms with Crippen molar-refractivity contribution in [2.24, 2.45) is 11.8 Å². The van der Waals surface area contributed by atoms with Crippen LogP contribution in [0.2, 0.25) is 0 Å². The molecule has 0 amide bonds. The van der Waals surface area contributed by atoms with E-state index in [1.165, 1.54) is 44.9 Å². The minimum absolute atomic E-state index is 0.110. The number of ether oxygens (including phenoxy) is 2. The number of carbonyl (C=O) groups excluding carboxylic acids is 2. The lowest BCUT2D eigenvalue weighted by atomic mass is 9.81. The molecule has 158 valence electrons. The molecule has 1 rings (SSSR count). The van der Waals surface area contributed by atoms with Gasteiger partial charge in [0.25, 0.3) is 0 Å². The van der Waals surface area contributed by atoms with Crippen molar-refractivity contribution >= 4 is 11.9 Å². The van der Waals surface area contributed by atoms with Crippen LogP contribution in [-0.4, -0.2) is 25.2 Å². The van der Waals surface area contributed by atoms with Crippen LogP contribution in [0.15, 0.2) is 0 Å². The number of carbonyl (C=O) groups is 2. The number of rotatable bonds is 15. The highest BCUT2D eigenvalue weighted by atomic mass is 16.5. The Labute approximate surface area is 166 Å². The molecule has 0 N–H and O–H groups in total. The first-order chi connectivity index (χ1) is 13.2. The third-order valence-corrected chi connectivity index (χ3v) is 5.58. The Balaban J connectivity index is 2.13. The first-order valence-electron chi connectivity index (χ1n) is 11.5. The molecule has 4 nitrogen and oxygen atoms in total. The van der Waals surface area contributed by atoms with Crippen LogP contribution >= 0.6 is 0 Å². The molecule has 0 aromatic rings. The Hall–Kier alpha value is -1.06. The third kappa shape index (κ3) is 11.4. The van der Waals surface area contributed by atoms with Crippen molar-refractivity contribution in [3.63, 3.8) is 0 Å². The maximum Gasteiger partial charge on any atom is 0.308 e. The van der Waals surface area contributed by atoms with Crippen molar-refractivity contribution in [1.29, 1.82) is 0 Å². The molecule has 2 atom stereocenters. The maximum absolute atomic E-state index is 12.3. The van der Waals surface area contributed by atoms with Crippen LogP contribution in [0.25, 0.3) is 0 Å². The average Bonchev–Trinajstić information content (AvgIpc) is 2.69. The molecule has 2 unspecified atom stereocenters. The molecular weight excluding hydrogens is 340 g/mol. The van der Waals surface area contributed by atoms with Crippen LogP contribution in [0.5, 0.6) is 0 Å². The lowest BCUT2D eigenvalue weighted by Crippen LogP contribution is -2.30. The molecule has 0 aromatic heterocycles. The number of hydrogen-bond donors (Lipinski definition) is 0. The Morgan fingerprint density at radius 3 is 1.56 bits per heavy atom. The van der Waals surface area contributed by atoms with Gasteiger partial charge in [-0.1, -0.05) is 78.1 Å². The van der Waals surface area contributed by atoms with Crippen LogP contribution in [0.3, 0.4) is 0 Å². The first-order valence-corrected chi connectivity index (χ1v) is 11.5. The van der Waals surface area contributed by atoms with Gasteiger partial charge in [-0.15, -0.1) is 0 Å². The van der Waals surface area contributed by atoms with Gasteiger partial charge < -0.3 is 9.47 Å². The van der Waals surface area contributed by atoms with Crippen LogP contribution < -0.4 is 0 Å². The summed E-state index contributed by atoms with van der Waals surface area (Å²) in [6.45, 7) is 5.43. The molecule has 1 saturated carbocycles. The molecule has 1 aliphatic rings. The molecule has 1 fully saturated rings. The molecule has 27 heavy (non-hydrogen) atoms. The van der Waals surface area contributed by atoms with E-state index in [2.05, 4.69) is 13.8 Å². The molecular formula is C23H42O4. The summed E-state index contributed by atoms with van der Waals surface area (Å²) in [5.41, 5.74) is 0. The van der Waals surface area contributed by atoms with Crippen LogP contribution in [-0.2, 0) is 19.1 Å². The van der Waals surface area contributed by atoms with Gasteiger partial charge in [0.1, 0.15) is 0 Å². The quantitative estimate of drug-likeness (QED) is 0.249. The van der Waals surface area contributed by atoms with E-state index >= 15 is 0 Å². The number of esters is 2. The molecule has 0 saturated heterocycles. The molecule has 4 heteroatoms. The van der Waals surface area contributed by atoms with E-state index < -0.39 is 0 Å². The predicted octanol–water partition coefficient (Wildman–Crippen LogP) is 6.21. The Morgan fingerprint density at radius 1 is 0.667 bits per heavy atom. The van der Waals surface area contributed by atoms with Gasteiger partial charge in [-0.3, -0.25) is 9.59 Å². The monoisotopic (exact) mass is 382 g/mol. The van der Waals surface area contributed by atoms with Crippen molar-refractivity contribution in [2.45, 2.75) is 110 Å². The predicted molar refractivity (Wildman–Crippen MR) is 110 cm³/mol. The maximum atomic E-state index is 12.3. The average molecular weight is 383 g/mol. The van der Waals surface area contributed by atoms with Gasteiger partial charge in [0.05, 0.1) is 25.0 Å². The van der Waals surface area contributed by atoms with Gasteiger partial charge in [-0.05, 0) is 32.1 Å². The Morgan fingerprint density at radius 2 is 1.07 bits per heavy atom. The highest BCUT2D eigenvalue weighted by molar-refractivity contribution is 5.76. The van der Waals surface area contributed by atoms with E-state index in [1.54, 1.807) is 0 Å². The molecule has 0 aromatic carbocycles. The fourth-order valence-corrected chi connectivity index (χ4v) is 3.79. The molecule has 0 heterocycles. The summed E-state index contributed by atoms with van der Waals surface area (Å²) in [4.78, 5) is 24.5. The van der Waals surface area contributed by atoms with Crippen molar-refractivity contribution in [3.8, 4) is 0 Å². The second-order valence-electron chi connectivity index (χ2n) is 8.08. The molecule has 1 aliphatic carbocycles. The fourth-order valence-electron chi connectivity index (χ4n) is 3.79. The smallest absolute Gasteiger partial charge is 0.308 e. The number of hydrogen-bond acceptors (Lipinski definition) is 4. The lowest BCUT2D eigenvalue weighted by Gasteiger charge is -2.26. The van der Waals surface area contributed by atoms with Crippen molar-refractivity contribution in [2.75, 3.05) is 13.2 Å². The largest absolute Gasteiger partial charge is 0.465 e. The molecule has 0 spiro atoms. The van der Waals surface area contributed by atoms with Gasteiger partial charge in [0.15, 0.2) is 0 Å². The van der Waals surface area contributed by atoms with Crippen LogP contribution in [0, 0.1) is 11.8 Å². The van der Waals surface area contributed by atoms with Gasteiger partial charge in [-0.2, -0.15) is 0 Å². The highest BCUT2D eigenvalue weighted by Crippen LogP contribution is 2.31. The summed E-state index contributed by atoms with van der Waals surface area (Å²) in [5.74, 6) is -0.473. The van der Waals surface area contributed by atoms with E-state index in [9.17, 15) is 9.59 Å². The standard InChI is InChI=1S/C23H42O4/c1-3-5-7-9-10-11-13-18-27-23(25)21-16-14-15-20(19-21)22(24)26-17-12-8-6-4-2/h20-21H,3-19H2,1-2H3. The highest BCUT2D eigenvalue weighted by Gasteiger charge is 2.32. The third-order valence-electron chi connectivity index (χ3n) is 5.58. The van der Waals surface area contributed by atoms with E-state index in [1.807, 2.05) is 0 Å². The fraction of sp³-hybridized carbons (Fsp3) is 0.913. The Bertz CT molecular complexity index is 394. The molecule has 0 aliphatic heterocycles. The van der Waals surface area contributed by atoms with E-state index in [0.29, 0.717) is 19.6 Å². The minimum Gasteiger partial charge on any atom is -0.465 e. The lowest BCUT2D eigenvalue weighted by molar-refractivity contribution is -0.155. The second-order valence-corrected chi connectivity index (χ2v) is 8.08. The van der Waals surface area contributed by atoms with E-state index in [-0.39, 0.29) is 23.8 Å². The summed E-state index contributed by atoms with van der Waals surface area (Å²) >= 11 is 0. The van der Waals surface area contributed by atoms with E-state index in [4.69, 9.17) is 9.47 Å². The van der Waals surface area contributed by atoms with Gasteiger partial charge in [0, 0.05) is 0 Å². The first kappa shape index (κ1) is 24.0. The summed E-state index contributed by atoms with van der Waals surface area (Å²) in [6, 6.07) is 0. The van der Waals surface area contributed by atoms with Crippen molar-refractivity contribution in [3.05, 3.63) is 0 Å². The minimum atomic E-state index is -0.124. The zero-order chi connectivity index (χ0) is 19.7. The van der Waals surface area contributed by atoms with Crippen LogP contribution in [0.1, 0.15) is 110 Å². The topological polar surface area (TPSA) is 52.6 Å². The Kier molecular flexibility index (Phi) is 14.2. The summed E-state index contributed by atoms with van der Waals surface area (Å²) in [7, 11) is 0. The van der Waals surface area contributed by atoms with Gasteiger partial charge in [-0.25, -0.2) is 0 Å². The zero-order valence-corrected chi connectivity index (χ0v) is 17.8. The normalized spacial score (nSPS) is 19.6. The van der Waals surface area contributed by atoms with Crippen LogP contribution in [0.4, 0.5) is 0 Å². The second kappa shape index (κ2) is 15.9. The van der Waals surface area contributed by atoms with Gasteiger partial charge in [0.2, 0.25) is 0 Å². The zero-order valence-electron chi connectivity index (χ0n) is 17.8. The summed E-state index contributed by atoms with van der Waals surface area (Å²) in [6.07, 6.45) is 16.1. The number of unbranched alkanes of at least 4 members (excludes halogenated alkanes) is 9. The summed E-state index contributed by atoms with van der Waals surface area (Å²) in [5, 5.41) is 0. The van der Waals surface area contributed by atoms with Gasteiger partial charge >= 0.3 is 11.9 Å². The SMILES string of the molecule is CCCCCCCCCOC(=O)C1CCCC(C(=O)OCCCCCC)C1. The van der Waals surface area contributed by atoms with Crippen molar-refractivity contribution in [1.82, 2.24) is 0 Å². The molecule has 0 radical (unpaired) electrons.